The van der Waals surface area contributed by atoms with E-state index in [0.29, 0.717) is 36.0 Å². The number of hydrogen-bond acceptors (Lipinski definition) is 6. The van der Waals surface area contributed by atoms with Gasteiger partial charge in [0.05, 0.1) is 5.56 Å². The van der Waals surface area contributed by atoms with Crippen molar-refractivity contribution in [3.63, 3.8) is 0 Å². The second-order valence-corrected chi connectivity index (χ2v) is 5.59. The molecule has 132 valence electrons. The maximum atomic E-state index is 11.9. The Morgan fingerprint density at radius 3 is 2.77 bits per heavy atom. The first-order valence-electron chi connectivity index (χ1n) is 8.08. The summed E-state index contributed by atoms with van der Waals surface area (Å²) < 4.78 is 0. The molecule has 0 saturated heterocycles. The van der Waals surface area contributed by atoms with E-state index in [1.165, 1.54) is 12.3 Å². The average molecular weight is 350 g/mol. The van der Waals surface area contributed by atoms with Crippen LogP contribution in [0.25, 0.3) is 11.4 Å². The van der Waals surface area contributed by atoms with Crippen molar-refractivity contribution in [1.29, 1.82) is 0 Å². The average Bonchev–Trinajstić information content (AvgIpc) is 2.65. The fraction of sp³-hybridized carbons (Fsp3) is 0.167. The molecule has 1 amide bonds. The van der Waals surface area contributed by atoms with E-state index < -0.39 is 0 Å². The molecule has 0 aliphatic carbocycles. The molecule has 3 aromatic heterocycles. The number of carbonyl (C=O) groups excluding carboxylic acids is 1. The molecular weight excluding hydrogens is 332 g/mol. The van der Waals surface area contributed by atoms with Gasteiger partial charge in [-0.15, -0.1) is 0 Å². The minimum atomic E-state index is -0.195. The van der Waals surface area contributed by atoms with Crippen LogP contribution in [0.2, 0.25) is 0 Å². The van der Waals surface area contributed by atoms with Gasteiger partial charge >= 0.3 is 0 Å². The molecule has 0 bridgehead atoms. The number of nitrogens with zero attached hydrogens (tertiary/aromatic N) is 3. The number of carbonyl (C=O) groups is 1. The Hall–Kier alpha value is -3.55. The van der Waals surface area contributed by atoms with Crippen LogP contribution in [0.15, 0.2) is 53.7 Å². The van der Waals surface area contributed by atoms with Crippen molar-refractivity contribution in [1.82, 2.24) is 25.3 Å². The van der Waals surface area contributed by atoms with E-state index in [0.717, 1.165) is 5.56 Å². The number of anilines is 1. The number of rotatable bonds is 6. The number of aromatic nitrogens is 4. The van der Waals surface area contributed by atoms with Crippen molar-refractivity contribution in [2.45, 2.75) is 6.92 Å². The summed E-state index contributed by atoms with van der Waals surface area (Å²) in [4.78, 5) is 38.6. The zero-order valence-electron chi connectivity index (χ0n) is 14.2. The van der Waals surface area contributed by atoms with E-state index in [9.17, 15) is 9.59 Å². The quantitative estimate of drug-likeness (QED) is 0.579. The molecule has 0 saturated carbocycles. The van der Waals surface area contributed by atoms with E-state index in [-0.39, 0.29) is 11.5 Å². The van der Waals surface area contributed by atoms with Crippen LogP contribution >= 0.6 is 0 Å². The minimum Gasteiger partial charge on any atom is -0.368 e. The van der Waals surface area contributed by atoms with E-state index in [2.05, 4.69) is 30.6 Å². The molecule has 8 heteroatoms. The van der Waals surface area contributed by atoms with Gasteiger partial charge in [0.1, 0.15) is 11.6 Å². The summed E-state index contributed by atoms with van der Waals surface area (Å²) in [6, 6.07) is 8.48. The van der Waals surface area contributed by atoms with Crippen molar-refractivity contribution < 1.29 is 4.79 Å². The second kappa shape index (κ2) is 8.02. The monoisotopic (exact) mass is 350 g/mol. The number of aromatic amines is 1. The smallest absolute Gasteiger partial charge is 0.252 e. The van der Waals surface area contributed by atoms with Gasteiger partial charge in [-0.2, -0.15) is 0 Å². The van der Waals surface area contributed by atoms with Crippen LogP contribution in [0.1, 0.15) is 16.1 Å². The molecule has 0 aromatic carbocycles. The number of H-pyrrole nitrogens is 1. The van der Waals surface area contributed by atoms with Crippen LogP contribution in [0.5, 0.6) is 0 Å². The standard InChI is InChI=1S/C18H18N6O2/c1-12-9-16(25)24-17(23-12)13-4-5-15(22-11-13)20-7-8-21-18(26)14-3-2-6-19-10-14/h2-6,9-11H,7-8H2,1H3,(H,20,22)(H,21,26)(H,23,24,25). The lowest BCUT2D eigenvalue weighted by Crippen LogP contribution is -2.28. The predicted molar refractivity (Wildman–Crippen MR) is 97.9 cm³/mol. The Morgan fingerprint density at radius 2 is 2.08 bits per heavy atom. The third-order valence-corrected chi connectivity index (χ3v) is 3.55. The Labute approximate surface area is 149 Å². The number of hydrogen-bond donors (Lipinski definition) is 3. The number of nitrogens with one attached hydrogen (secondary N) is 3. The molecule has 0 spiro atoms. The Kier molecular flexibility index (Phi) is 5.33. The topological polar surface area (TPSA) is 113 Å². The van der Waals surface area contributed by atoms with Crippen LogP contribution in [0.3, 0.4) is 0 Å². The largest absolute Gasteiger partial charge is 0.368 e. The second-order valence-electron chi connectivity index (χ2n) is 5.59. The fourth-order valence-electron chi connectivity index (χ4n) is 2.32. The first-order chi connectivity index (χ1) is 12.6. The SMILES string of the molecule is Cc1cc(=O)[nH]c(-c2ccc(NCCNC(=O)c3cccnc3)nc2)n1. The van der Waals surface area contributed by atoms with Gasteiger partial charge in [-0.05, 0) is 31.2 Å². The number of aryl methyl sites for hydroxylation is 1. The van der Waals surface area contributed by atoms with Gasteiger partial charge < -0.3 is 15.6 Å². The highest BCUT2D eigenvalue weighted by Gasteiger charge is 2.05. The van der Waals surface area contributed by atoms with Gasteiger partial charge in [-0.1, -0.05) is 0 Å². The molecule has 3 heterocycles. The normalized spacial score (nSPS) is 10.3. The Bertz CT molecular complexity index is 938. The summed E-state index contributed by atoms with van der Waals surface area (Å²) >= 11 is 0. The first kappa shape index (κ1) is 17.3. The molecule has 8 nitrogen and oxygen atoms in total. The lowest BCUT2D eigenvalue weighted by molar-refractivity contribution is 0.0955. The van der Waals surface area contributed by atoms with Crippen molar-refractivity contribution in [2.75, 3.05) is 18.4 Å². The summed E-state index contributed by atoms with van der Waals surface area (Å²) in [5, 5.41) is 5.92. The third kappa shape index (κ3) is 4.50. The van der Waals surface area contributed by atoms with Gasteiger partial charge in [0.25, 0.3) is 11.5 Å². The number of amides is 1. The maximum Gasteiger partial charge on any atom is 0.252 e. The first-order valence-corrected chi connectivity index (χ1v) is 8.08. The highest BCUT2D eigenvalue weighted by molar-refractivity contribution is 5.93. The van der Waals surface area contributed by atoms with Gasteiger partial charge in [0.2, 0.25) is 0 Å². The summed E-state index contributed by atoms with van der Waals surface area (Å²) in [5.74, 6) is 0.981. The van der Waals surface area contributed by atoms with Crippen molar-refractivity contribution in [3.8, 4) is 11.4 Å². The highest BCUT2D eigenvalue weighted by Crippen LogP contribution is 2.14. The van der Waals surface area contributed by atoms with E-state index >= 15 is 0 Å². The highest BCUT2D eigenvalue weighted by atomic mass is 16.1. The van der Waals surface area contributed by atoms with Crippen LogP contribution in [-0.2, 0) is 0 Å². The molecule has 26 heavy (non-hydrogen) atoms. The van der Waals surface area contributed by atoms with Crippen LogP contribution in [0.4, 0.5) is 5.82 Å². The summed E-state index contributed by atoms with van der Waals surface area (Å²) in [6.45, 7) is 2.74. The zero-order chi connectivity index (χ0) is 18.4. The molecule has 0 atom stereocenters. The fourth-order valence-corrected chi connectivity index (χ4v) is 2.32. The van der Waals surface area contributed by atoms with Crippen molar-refractivity contribution in [3.05, 3.63) is 70.5 Å². The minimum absolute atomic E-state index is 0.169. The van der Waals surface area contributed by atoms with E-state index in [4.69, 9.17) is 0 Å². The molecule has 0 fully saturated rings. The molecular formula is C18H18N6O2. The van der Waals surface area contributed by atoms with Crippen molar-refractivity contribution in [2.24, 2.45) is 0 Å². The van der Waals surface area contributed by atoms with Gasteiger partial charge in [-0.3, -0.25) is 14.6 Å². The van der Waals surface area contributed by atoms with E-state index in [1.807, 2.05) is 6.07 Å². The molecule has 0 radical (unpaired) electrons. The molecule has 0 unspecified atom stereocenters. The third-order valence-electron chi connectivity index (χ3n) is 3.55. The maximum absolute atomic E-state index is 11.9. The van der Waals surface area contributed by atoms with Gasteiger partial charge in [0.15, 0.2) is 0 Å². The zero-order valence-corrected chi connectivity index (χ0v) is 14.2. The Balaban J connectivity index is 1.52. The van der Waals surface area contributed by atoms with Crippen LogP contribution in [-0.4, -0.2) is 38.9 Å². The predicted octanol–water partition coefficient (Wildman–Crippen LogP) is 1.38. The molecule has 3 rings (SSSR count). The Morgan fingerprint density at radius 1 is 1.19 bits per heavy atom. The van der Waals surface area contributed by atoms with Gasteiger partial charge in [0, 0.05) is 49.0 Å². The van der Waals surface area contributed by atoms with Crippen LogP contribution < -0.4 is 16.2 Å². The summed E-state index contributed by atoms with van der Waals surface area (Å²) in [7, 11) is 0. The molecule has 3 aromatic rings. The summed E-state index contributed by atoms with van der Waals surface area (Å²) in [6.07, 6.45) is 4.77. The van der Waals surface area contributed by atoms with Gasteiger partial charge in [-0.25, -0.2) is 9.97 Å². The van der Waals surface area contributed by atoms with Crippen LogP contribution in [0, 0.1) is 6.92 Å². The molecule has 0 aliphatic rings. The van der Waals surface area contributed by atoms with E-state index in [1.54, 1.807) is 37.5 Å². The molecule has 0 aliphatic heterocycles. The van der Waals surface area contributed by atoms with Crippen molar-refractivity contribution >= 4 is 11.7 Å². The molecule has 3 N–H and O–H groups in total. The summed E-state index contributed by atoms with van der Waals surface area (Å²) in [5.41, 5.74) is 1.70. The lowest BCUT2D eigenvalue weighted by atomic mass is 10.2. The lowest BCUT2D eigenvalue weighted by Gasteiger charge is -2.08. The number of pyridine rings is 2.